The van der Waals surface area contributed by atoms with Gasteiger partial charge in [0.15, 0.2) is 5.65 Å². The summed E-state index contributed by atoms with van der Waals surface area (Å²) in [5.41, 5.74) is 4.30. The third-order valence-corrected chi connectivity index (χ3v) is 5.03. The molecule has 132 valence electrons. The number of aromatic nitrogens is 3. The van der Waals surface area contributed by atoms with Gasteiger partial charge in [-0.05, 0) is 39.2 Å². The van der Waals surface area contributed by atoms with Crippen molar-refractivity contribution in [3.63, 3.8) is 0 Å². The van der Waals surface area contributed by atoms with Crippen molar-refractivity contribution in [2.45, 2.75) is 33.6 Å². The maximum Gasteiger partial charge on any atom is 0.160 e. The first kappa shape index (κ1) is 17.2. The topological polar surface area (TPSA) is 54.7 Å². The molecule has 6 heteroatoms. The summed E-state index contributed by atoms with van der Waals surface area (Å²) in [7, 11) is 1.77. The SMILES string of the molecule is CCc1cc(NCC2CCN(CCOC)C2)n2nc(C)c(C)c2n1. The lowest BCUT2D eigenvalue weighted by Gasteiger charge is -2.16. The Balaban J connectivity index is 1.70. The maximum absolute atomic E-state index is 5.18. The largest absolute Gasteiger partial charge is 0.383 e. The fourth-order valence-electron chi connectivity index (χ4n) is 3.34. The molecule has 1 unspecified atom stereocenters. The normalized spacial score (nSPS) is 18.6. The minimum absolute atomic E-state index is 0.674. The van der Waals surface area contributed by atoms with E-state index in [0.29, 0.717) is 5.92 Å². The summed E-state index contributed by atoms with van der Waals surface area (Å²) in [6.45, 7) is 11.4. The number of rotatable bonds is 7. The van der Waals surface area contributed by atoms with Crippen LogP contribution < -0.4 is 5.32 Å². The van der Waals surface area contributed by atoms with Crippen molar-refractivity contribution < 1.29 is 4.74 Å². The van der Waals surface area contributed by atoms with Gasteiger partial charge in [-0.15, -0.1) is 0 Å². The van der Waals surface area contributed by atoms with Crippen molar-refractivity contribution >= 4 is 11.5 Å². The van der Waals surface area contributed by atoms with E-state index in [1.807, 2.05) is 11.4 Å². The van der Waals surface area contributed by atoms with Crippen LogP contribution in [0.15, 0.2) is 6.07 Å². The number of hydrogen-bond donors (Lipinski definition) is 1. The van der Waals surface area contributed by atoms with Crippen LogP contribution in [0.2, 0.25) is 0 Å². The number of nitrogens with one attached hydrogen (secondary N) is 1. The van der Waals surface area contributed by atoms with Crippen molar-refractivity contribution in [1.29, 1.82) is 0 Å². The van der Waals surface area contributed by atoms with E-state index < -0.39 is 0 Å². The van der Waals surface area contributed by atoms with E-state index >= 15 is 0 Å². The van der Waals surface area contributed by atoms with Crippen LogP contribution >= 0.6 is 0 Å². The molecule has 1 aliphatic rings. The highest BCUT2D eigenvalue weighted by atomic mass is 16.5. The molecular formula is C18H29N5O. The molecule has 0 spiro atoms. The molecule has 0 aliphatic carbocycles. The second-order valence-corrected chi connectivity index (χ2v) is 6.76. The average molecular weight is 331 g/mol. The van der Waals surface area contributed by atoms with Crippen LogP contribution in [0, 0.1) is 19.8 Å². The third kappa shape index (κ3) is 3.54. The van der Waals surface area contributed by atoms with Gasteiger partial charge in [0.05, 0.1) is 12.3 Å². The van der Waals surface area contributed by atoms with Gasteiger partial charge < -0.3 is 15.0 Å². The number of hydrogen-bond acceptors (Lipinski definition) is 5. The first-order valence-electron chi connectivity index (χ1n) is 8.93. The Morgan fingerprint density at radius 3 is 2.96 bits per heavy atom. The van der Waals surface area contributed by atoms with E-state index in [-0.39, 0.29) is 0 Å². The van der Waals surface area contributed by atoms with Crippen molar-refractivity contribution in [2.75, 3.05) is 45.2 Å². The summed E-state index contributed by atoms with van der Waals surface area (Å²) >= 11 is 0. The molecule has 2 aromatic rings. The van der Waals surface area contributed by atoms with Crippen molar-refractivity contribution in [3.05, 3.63) is 23.0 Å². The molecule has 1 saturated heterocycles. The predicted octanol–water partition coefficient (Wildman–Crippen LogP) is 2.29. The molecule has 1 atom stereocenters. The number of nitrogens with zero attached hydrogens (tertiary/aromatic N) is 4. The smallest absolute Gasteiger partial charge is 0.160 e. The number of methoxy groups -OCH3 is 1. The van der Waals surface area contributed by atoms with Crippen LogP contribution in [0.25, 0.3) is 5.65 Å². The van der Waals surface area contributed by atoms with Crippen LogP contribution in [0.4, 0.5) is 5.82 Å². The van der Waals surface area contributed by atoms with Gasteiger partial charge >= 0.3 is 0 Å². The molecule has 3 heterocycles. The number of fused-ring (bicyclic) bond motifs is 1. The van der Waals surface area contributed by atoms with Crippen molar-refractivity contribution in [1.82, 2.24) is 19.5 Å². The molecule has 0 amide bonds. The van der Waals surface area contributed by atoms with Crippen molar-refractivity contribution in [3.8, 4) is 0 Å². The zero-order valence-electron chi connectivity index (χ0n) is 15.3. The Kier molecular flexibility index (Phi) is 5.36. The molecule has 1 N–H and O–H groups in total. The summed E-state index contributed by atoms with van der Waals surface area (Å²) in [6.07, 6.45) is 2.17. The minimum Gasteiger partial charge on any atom is -0.383 e. The van der Waals surface area contributed by atoms with E-state index in [1.165, 1.54) is 18.5 Å². The molecule has 2 aromatic heterocycles. The second kappa shape index (κ2) is 7.49. The minimum atomic E-state index is 0.674. The van der Waals surface area contributed by atoms with Crippen LogP contribution in [-0.2, 0) is 11.2 Å². The lowest BCUT2D eigenvalue weighted by Crippen LogP contribution is -2.26. The molecule has 0 bridgehead atoms. The van der Waals surface area contributed by atoms with E-state index in [9.17, 15) is 0 Å². The molecule has 0 saturated carbocycles. The van der Waals surface area contributed by atoms with Gasteiger partial charge in [0.25, 0.3) is 0 Å². The summed E-state index contributed by atoms with van der Waals surface area (Å²) in [5.74, 6) is 1.73. The fraction of sp³-hybridized carbons (Fsp3) is 0.667. The highest BCUT2D eigenvalue weighted by molar-refractivity contribution is 5.56. The number of ether oxygens (including phenoxy) is 1. The second-order valence-electron chi connectivity index (χ2n) is 6.76. The highest BCUT2D eigenvalue weighted by Crippen LogP contribution is 2.21. The Labute approximate surface area is 144 Å². The van der Waals surface area contributed by atoms with Gasteiger partial charge in [0.1, 0.15) is 5.82 Å². The molecule has 0 aromatic carbocycles. The number of aryl methyl sites for hydroxylation is 3. The first-order valence-corrected chi connectivity index (χ1v) is 8.93. The van der Waals surface area contributed by atoms with Crippen LogP contribution in [0.5, 0.6) is 0 Å². The van der Waals surface area contributed by atoms with E-state index in [1.54, 1.807) is 7.11 Å². The Morgan fingerprint density at radius 1 is 1.38 bits per heavy atom. The highest BCUT2D eigenvalue weighted by Gasteiger charge is 2.22. The Hall–Kier alpha value is -1.66. The molecule has 1 aliphatic heterocycles. The number of anilines is 1. The number of likely N-dealkylation sites (tertiary alicyclic amines) is 1. The van der Waals surface area contributed by atoms with E-state index in [0.717, 1.165) is 55.5 Å². The zero-order chi connectivity index (χ0) is 17.1. The van der Waals surface area contributed by atoms with Gasteiger partial charge in [-0.25, -0.2) is 4.98 Å². The molecule has 0 radical (unpaired) electrons. The molecular weight excluding hydrogens is 302 g/mol. The Bertz CT molecular complexity index is 696. The van der Waals surface area contributed by atoms with Crippen LogP contribution in [0.1, 0.15) is 30.3 Å². The summed E-state index contributed by atoms with van der Waals surface area (Å²) < 4.78 is 7.14. The fourth-order valence-corrected chi connectivity index (χ4v) is 3.34. The van der Waals surface area contributed by atoms with Crippen molar-refractivity contribution in [2.24, 2.45) is 5.92 Å². The Morgan fingerprint density at radius 2 is 2.21 bits per heavy atom. The summed E-state index contributed by atoms with van der Waals surface area (Å²) in [4.78, 5) is 7.22. The maximum atomic E-state index is 5.18. The van der Waals surface area contributed by atoms with E-state index in [2.05, 4.69) is 35.2 Å². The third-order valence-electron chi connectivity index (χ3n) is 5.03. The van der Waals surface area contributed by atoms with Gasteiger partial charge in [-0.3, -0.25) is 0 Å². The first-order chi connectivity index (χ1) is 11.6. The average Bonchev–Trinajstić information content (AvgIpc) is 3.16. The lowest BCUT2D eigenvalue weighted by atomic mass is 10.1. The quantitative estimate of drug-likeness (QED) is 0.844. The summed E-state index contributed by atoms with van der Waals surface area (Å²) in [5, 5.41) is 8.28. The standard InChI is InChI=1S/C18H29N5O/c1-5-16-10-17(23-18(20-16)13(2)14(3)21-23)19-11-15-6-7-22(12-15)8-9-24-4/h10,15,19H,5-9,11-12H2,1-4H3. The van der Waals surface area contributed by atoms with Crippen LogP contribution in [-0.4, -0.2) is 59.4 Å². The molecule has 3 rings (SSSR count). The van der Waals surface area contributed by atoms with Crippen LogP contribution in [0.3, 0.4) is 0 Å². The molecule has 24 heavy (non-hydrogen) atoms. The molecule has 1 fully saturated rings. The van der Waals surface area contributed by atoms with Gasteiger partial charge in [0.2, 0.25) is 0 Å². The zero-order valence-corrected chi connectivity index (χ0v) is 15.3. The predicted molar refractivity (Wildman–Crippen MR) is 96.8 cm³/mol. The van der Waals surface area contributed by atoms with Gasteiger partial charge in [-0.2, -0.15) is 9.61 Å². The van der Waals surface area contributed by atoms with Gasteiger partial charge in [-0.1, -0.05) is 6.92 Å². The summed E-state index contributed by atoms with van der Waals surface area (Å²) in [6, 6.07) is 2.14. The van der Waals surface area contributed by atoms with Gasteiger partial charge in [0, 0.05) is 44.1 Å². The monoisotopic (exact) mass is 331 g/mol. The lowest BCUT2D eigenvalue weighted by molar-refractivity contribution is 0.159. The van der Waals surface area contributed by atoms with E-state index in [4.69, 9.17) is 9.72 Å². The molecule has 6 nitrogen and oxygen atoms in total.